The summed E-state index contributed by atoms with van der Waals surface area (Å²) in [6, 6.07) is 15.7. The van der Waals surface area contributed by atoms with Gasteiger partial charge in [-0.3, -0.25) is 0 Å². The molecule has 0 atom stereocenters. The molecule has 1 aliphatic rings. The number of urea groups is 1. The van der Waals surface area contributed by atoms with Gasteiger partial charge < -0.3 is 15.1 Å². The molecule has 3 rings (SSSR count). The average molecular weight is 334 g/mol. The van der Waals surface area contributed by atoms with Crippen LogP contribution in [0.2, 0.25) is 0 Å². The largest absolute Gasteiger partial charge is 0.367 e. The van der Waals surface area contributed by atoms with Crippen molar-refractivity contribution in [2.24, 2.45) is 0 Å². The molecule has 25 heavy (non-hydrogen) atoms. The quantitative estimate of drug-likeness (QED) is 0.914. The van der Waals surface area contributed by atoms with Crippen molar-refractivity contribution in [1.29, 1.82) is 5.26 Å². The Morgan fingerprint density at radius 2 is 1.76 bits per heavy atom. The molecule has 5 heteroatoms. The molecule has 2 amide bonds. The van der Waals surface area contributed by atoms with Crippen LogP contribution in [-0.4, -0.2) is 37.1 Å². The lowest BCUT2D eigenvalue weighted by Crippen LogP contribution is -2.50. The number of nitrogens with zero attached hydrogens (tertiary/aromatic N) is 3. The second-order valence-electron chi connectivity index (χ2n) is 6.28. The molecule has 0 spiro atoms. The number of piperazine rings is 1. The molecule has 1 saturated heterocycles. The van der Waals surface area contributed by atoms with Crippen molar-refractivity contribution in [2.75, 3.05) is 36.4 Å². The number of carbonyl (C=O) groups excluding carboxylic acids is 1. The SMILES string of the molecule is Cc1cccc(NC(=O)N2CCN(c3ccccc3C#N)CC2)c1C. The minimum Gasteiger partial charge on any atom is -0.367 e. The van der Waals surface area contributed by atoms with Crippen LogP contribution in [-0.2, 0) is 0 Å². The van der Waals surface area contributed by atoms with E-state index in [1.807, 2.05) is 61.2 Å². The van der Waals surface area contributed by atoms with E-state index < -0.39 is 0 Å². The number of hydrogen-bond donors (Lipinski definition) is 1. The molecular weight excluding hydrogens is 312 g/mol. The number of amides is 2. The van der Waals surface area contributed by atoms with Crippen LogP contribution in [0, 0.1) is 25.2 Å². The van der Waals surface area contributed by atoms with E-state index in [2.05, 4.69) is 16.3 Å². The topological polar surface area (TPSA) is 59.4 Å². The molecule has 0 radical (unpaired) electrons. The van der Waals surface area contributed by atoms with E-state index >= 15 is 0 Å². The maximum Gasteiger partial charge on any atom is 0.321 e. The monoisotopic (exact) mass is 334 g/mol. The Bertz CT molecular complexity index is 817. The Kier molecular flexibility index (Phi) is 4.90. The highest BCUT2D eigenvalue weighted by molar-refractivity contribution is 5.90. The molecule has 2 aromatic rings. The van der Waals surface area contributed by atoms with E-state index in [-0.39, 0.29) is 6.03 Å². The standard InChI is InChI=1S/C20H22N4O/c1-15-6-5-8-18(16(15)2)22-20(25)24-12-10-23(11-13-24)19-9-4-3-7-17(19)14-21/h3-9H,10-13H2,1-2H3,(H,22,25). The zero-order valence-electron chi connectivity index (χ0n) is 14.6. The molecule has 128 valence electrons. The summed E-state index contributed by atoms with van der Waals surface area (Å²) in [5, 5.41) is 12.3. The Hall–Kier alpha value is -3.00. The molecular formula is C20H22N4O. The van der Waals surface area contributed by atoms with Gasteiger partial charge in [0.05, 0.1) is 11.3 Å². The summed E-state index contributed by atoms with van der Waals surface area (Å²) < 4.78 is 0. The zero-order chi connectivity index (χ0) is 17.8. The number of benzene rings is 2. The summed E-state index contributed by atoms with van der Waals surface area (Å²) in [6.45, 7) is 6.77. The van der Waals surface area contributed by atoms with Crippen LogP contribution in [0.3, 0.4) is 0 Å². The van der Waals surface area contributed by atoms with Crippen LogP contribution in [0.5, 0.6) is 0 Å². The molecule has 0 saturated carbocycles. The van der Waals surface area contributed by atoms with Gasteiger partial charge in [-0.05, 0) is 43.2 Å². The van der Waals surface area contributed by atoms with E-state index in [4.69, 9.17) is 0 Å². The van der Waals surface area contributed by atoms with Crippen molar-refractivity contribution < 1.29 is 4.79 Å². The maximum absolute atomic E-state index is 12.5. The lowest BCUT2D eigenvalue weighted by molar-refractivity contribution is 0.208. The van der Waals surface area contributed by atoms with E-state index in [1.165, 1.54) is 0 Å². The number of nitriles is 1. The van der Waals surface area contributed by atoms with Gasteiger partial charge in [-0.1, -0.05) is 24.3 Å². The summed E-state index contributed by atoms with van der Waals surface area (Å²) >= 11 is 0. The number of aryl methyl sites for hydroxylation is 1. The summed E-state index contributed by atoms with van der Waals surface area (Å²) in [6.07, 6.45) is 0. The second kappa shape index (κ2) is 7.27. The second-order valence-corrected chi connectivity index (χ2v) is 6.28. The first kappa shape index (κ1) is 16.8. The Balaban J connectivity index is 1.63. The Morgan fingerprint density at radius 1 is 1.04 bits per heavy atom. The van der Waals surface area contributed by atoms with Crippen molar-refractivity contribution >= 4 is 17.4 Å². The first-order valence-electron chi connectivity index (χ1n) is 8.46. The number of carbonyl (C=O) groups is 1. The van der Waals surface area contributed by atoms with Gasteiger partial charge in [-0.25, -0.2) is 4.79 Å². The van der Waals surface area contributed by atoms with Crippen molar-refractivity contribution in [3.63, 3.8) is 0 Å². The van der Waals surface area contributed by atoms with Crippen molar-refractivity contribution in [3.05, 3.63) is 59.2 Å². The normalized spacial score (nSPS) is 14.1. The Labute approximate surface area is 148 Å². The minimum absolute atomic E-state index is 0.0677. The van der Waals surface area contributed by atoms with Crippen LogP contribution in [0.4, 0.5) is 16.2 Å². The van der Waals surface area contributed by atoms with Crippen LogP contribution in [0.1, 0.15) is 16.7 Å². The summed E-state index contributed by atoms with van der Waals surface area (Å²) in [4.78, 5) is 16.5. The average Bonchev–Trinajstić information content (AvgIpc) is 2.65. The van der Waals surface area contributed by atoms with Crippen LogP contribution in [0.25, 0.3) is 0 Å². The van der Waals surface area contributed by atoms with E-state index in [9.17, 15) is 10.1 Å². The lowest BCUT2D eigenvalue weighted by Gasteiger charge is -2.36. The molecule has 1 fully saturated rings. The third-order valence-corrected chi connectivity index (χ3v) is 4.78. The maximum atomic E-state index is 12.5. The van der Waals surface area contributed by atoms with Gasteiger partial charge in [-0.15, -0.1) is 0 Å². The lowest BCUT2D eigenvalue weighted by atomic mass is 10.1. The molecule has 0 aliphatic carbocycles. The predicted octanol–water partition coefficient (Wildman–Crippen LogP) is 3.53. The van der Waals surface area contributed by atoms with Crippen molar-refractivity contribution in [1.82, 2.24) is 4.90 Å². The highest BCUT2D eigenvalue weighted by Crippen LogP contribution is 2.22. The molecule has 1 N–H and O–H groups in total. The van der Waals surface area contributed by atoms with Crippen LogP contribution in [0.15, 0.2) is 42.5 Å². The van der Waals surface area contributed by atoms with E-state index in [0.717, 1.165) is 35.6 Å². The first-order valence-corrected chi connectivity index (χ1v) is 8.46. The summed E-state index contributed by atoms with van der Waals surface area (Å²) in [5.41, 5.74) is 4.74. The minimum atomic E-state index is -0.0677. The predicted molar refractivity (Wildman–Crippen MR) is 99.9 cm³/mol. The molecule has 0 aromatic heterocycles. The molecule has 5 nitrogen and oxygen atoms in total. The van der Waals surface area contributed by atoms with Gasteiger partial charge in [0.25, 0.3) is 0 Å². The third kappa shape index (κ3) is 3.58. The zero-order valence-corrected chi connectivity index (χ0v) is 14.6. The third-order valence-electron chi connectivity index (χ3n) is 4.78. The highest BCUT2D eigenvalue weighted by atomic mass is 16.2. The van der Waals surface area contributed by atoms with E-state index in [0.29, 0.717) is 18.7 Å². The summed E-state index contributed by atoms with van der Waals surface area (Å²) in [7, 11) is 0. The smallest absolute Gasteiger partial charge is 0.321 e. The summed E-state index contributed by atoms with van der Waals surface area (Å²) in [5.74, 6) is 0. The van der Waals surface area contributed by atoms with Crippen molar-refractivity contribution in [2.45, 2.75) is 13.8 Å². The molecule has 1 aliphatic heterocycles. The van der Waals surface area contributed by atoms with Gasteiger partial charge in [0.2, 0.25) is 0 Å². The van der Waals surface area contributed by atoms with Gasteiger partial charge in [-0.2, -0.15) is 5.26 Å². The molecule has 0 unspecified atom stereocenters. The van der Waals surface area contributed by atoms with Crippen LogP contribution < -0.4 is 10.2 Å². The van der Waals surface area contributed by atoms with Gasteiger partial charge in [0.15, 0.2) is 0 Å². The van der Waals surface area contributed by atoms with Gasteiger partial charge >= 0.3 is 6.03 Å². The molecule has 2 aromatic carbocycles. The highest BCUT2D eigenvalue weighted by Gasteiger charge is 2.22. The number of hydrogen-bond acceptors (Lipinski definition) is 3. The molecule has 0 bridgehead atoms. The van der Waals surface area contributed by atoms with Gasteiger partial charge in [0.1, 0.15) is 6.07 Å². The van der Waals surface area contributed by atoms with Crippen LogP contribution >= 0.6 is 0 Å². The number of para-hydroxylation sites is 1. The van der Waals surface area contributed by atoms with E-state index in [1.54, 1.807) is 0 Å². The fraction of sp³-hybridized carbons (Fsp3) is 0.300. The molecule has 1 heterocycles. The van der Waals surface area contributed by atoms with Gasteiger partial charge in [0, 0.05) is 31.9 Å². The van der Waals surface area contributed by atoms with Crippen molar-refractivity contribution in [3.8, 4) is 6.07 Å². The fourth-order valence-corrected chi connectivity index (χ4v) is 3.08. The first-order chi connectivity index (χ1) is 12.1. The Morgan fingerprint density at radius 3 is 2.48 bits per heavy atom. The number of nitrogens with one attached hydrogen (secondary N) is 1. The fourth-order valence-electron chi connectivity index (χ4n) is 3.08. The number of rotatable bonds is 2. The number of anilines is 2.